The van der Waals surface area contributed by atoms with Gasteiger partial charge >= 0.3 is 0 Å². The molecule has 0 radical (unpaired) electrons. The molecule has 0 aliphatic heterocycles. The molecule has 1 heterocycles. The fourth-order valence-electron chi connectivity index (χ4n) is 2.07. The van der Waals surface area contributed by atoms with Crippen molar-refractivity contribution in [2.45, 2.75) is 6.92 Å². The smallest absolute Gasteiger partial charge is 0.291 e. The molecule has 0 spiro atoms. The van der Waals surface area contributed by atoms with E-state index in [9.17, 15) is 4.79 Å². The number of furan rings is 1. The van der Waals surface area contributed by atoms with E-state index < -0.39 is 0 Å². The third-order valence-corrected chi connectivity index (χ3v) is 4.27. The van der Waals surface area contributed by atoms with Gasteiger partial charge in [0, 0.05) is 16.1 Å². The van der Waals surface area contributed by atoms with Crippen molar-refractivity contribution in [1.82, 2.24) is 0 Å². The molecule has 0 unspecified atom stereocenters. The van der Waals surface area contributed by atoms with Crippen LogP contribution in [0.4, 0.5) is 5.69 Å². The highest BCUT2D eigenvalue weighted by Crippen LogP contribution is 2.28. The summed E-state index contributed by atoms with van der Waals surface area (Å²) in [6.07, 6.45) is 0. The van der Waals surface area contributed by atoms with Crippen LogP contribution in [0.5, 0.6) is 0 Å². The van der Waals surface area contributed by atoms with Crippen molar-refractivity contribution in [2.75, 3.05) is 5.32 Å². The second-order valence-corrected chi connectivity index (χ2v) is 5.90. The van der Waals surface area contributed by atoms with Crippen LogP contribution >= 0.6 is 27.5 Å². The highest BCUT2D eigenvalue weighted by molar-refractivity contribution is 9.10. The first-order valence-corrected chi connectivity index (χ1v) is 7.48. The van der Waals surface area contributed by atoms with Crippen molar-refractivity contribution in [3.8, 4) is 0 Å². The Balaban J connectivity index is 1.94. The maximum Gasteiger partial charge on any atom is 0.291 e. The van der Waals surface area contributed by atoms with E-state index >= 15 is 0 Å². The zero-order chi connectivity index (χ0) is 15.0. The number of halogens is 2. The third kappa shape index (κ3) is 2.69. The molecule has 3 rings (SSSR count). The predicted molar refractivity (Wildman–Crippen MR) is 88.1 cm³/mol. The van der Waals surface area contributed by atoms with Crippen molar-refractivity contribution in [1.29, 1.82) is 0 Å². The van der Waals surface area contributed by atoms with E-state index in [1.165, 1.54) is 0 Å². The van der Waals surface area contributed by atoms with Gasteiger partial charge in [0.2, 0.25) is 0 Å². The molecule has 0 bridgehead atoms. The van der Waals surface area contributed by atoms with E-state index in [1.54, 1.807) is 24.3 Å². The molecule has 21 heavy (non-hydrogen) atoms. The maximum absolute atomic E-state index is 12.3. The first-order chi connectivity index (χ1) is 10.1. The Morgan fingerprint density at radius 3 is 2.76 bits per heavy atom. The Morgan fingerprint density at radius 1 is 1.24 bits per heavy atom. The number of carbonyl (C=O) groups excluding carboxylic acids is 1. The Bertz CT molecular complexity index is 841. The number of hydrogen-bond acceptors (Lipinski definition) is 2. The Kier molecular flexibility index (Phi) is 3.74. The SMILES string of the molecule is Cc1c(Cl)cccc1NC(=O)c1cc2cccc(Br)c2o1. The van der Waals surface area contributed by atoms with Crippen LogP contribution in [0.15, 0.2) is 51.4 Å². The summed E-state index contributed by atoms with van der Waals surface area (Å²) in [6.45, 7) is 1.85. The van der Waals surface area contributed by atoms with E-state index in [1.807, 2.05) is 25.1 Å². The van der Waals surface area contributed by atoms with Crippen LogP contribution in [0.3, 0.4) is 0 Å². The molecule has 0 fully saturated rings. The summed E-state index contributed by atoms with van der Waals surface area (Å²) < 4.78 is 6.43. The van der Waals surface area contributed by atoms with E-state index in [2.05, 4.69) is 21.2 Å². The molecular weight excluding hydrogens is 354 g/mol. The number of fused-ring (bicyclic) bond motifs is 1. The standard InChI is InChI=1S/C16H11BrClNO2/c1-9-12(18)6-3-7-13(9)19-16(20)14-8-10-4-2-5-11(17)15(10)21-14/h2-8H,1H3,(H,19,20). The van der Waals surface area contributed by atoms with E-state index in [4.69, 9.17) is 16.0 Å². The lowest BCUT2D eigenvalue weighted by atomic mass is 10.2. The molecule has 1 amide bonds. The summed E-state index contributed by atoms with van der Waals surface area (Å²) in [7, 11) is 0. The van der Waals surface area contributed by atoms with E-state index in [-0.39, 0.29) is 11.7 Å². The summed E-state index contributed by atoms with van der Waals surface area (Å²) in [5, 5.41) is 4.30. The summed E-state index contributed by atoms with van der Waals surface area (Å²) >= 11 is 9.45. The largest absolute Gasteiger partial charge is 0.450 e. The molecule has 1 N–H and O–H groups in total. The molecule has 0 saturated heterocycles. The monoisotopic (exact) mass is 363 g/mol. The van der Waals surface area contributed by atoms with Crippen LogP contribution in [0.1, 0.15) is 16.1 Å². The average molecular weight is 365 g/mol. The van der Waals surface area contributed by atoms with Gasteiger partial charge in [0.15, 0.2) is 5.76 Å². The molecule has 0 saturated carbocycles. The summed E-state index contributed by atoms with van der Waals surface area (Å²) in [4.78, 5) is 12.3. The first kappa shape index (κ1) is 14.2. The number of benzene rings is 2. The molecule has 0 aliphatic rings. The highest BCUT2D eigenvalue weighted by atomic mass is 79.9. The van der Waals surface area contributed by atoms with Gasteiger partial charge in [0.25, 0.3) is 5.91 Å². The number of carbonyl (C=O) groups is 1. The summed E-state index contributed by atoms with van der Waals surface area (Å²) in [5.41, 5.74) is 2.15. The zero-order valence-corrected chi connectivity index (χ0v) is 13.5. The lowest BCUT2D eigenvalue weighted by molar-refractivity contribution is 0.0998. The third-order valence-electron chi connectivity index (χ3n) is 3.24. The molecule has 0 atom stereocenters. The van der Waals surface area contributed by atoms with Crippen molar-refractivity contribution in [3.63, 3.8) is 0 Å². The van der Waals surface area contributed by atoms with Crippen LogP contribution in [0.2, 0.25) is 5.02 Å². The van der Waals surface area contributed by atoms with Gasteiger partial charge in [-0.05, 0) is 52.7 Å². The topological polar surface area (TPSA) is 42.2 Å². The van der Waals surface area contributed by atoms with Crippen LogP contribution in [-0.2, 0) is 0 Å². The van der Waals surface area contributed by atoms with Gasteiger partial charge in [-0.2, -0.15) is 0 Å². The number of anilines is 1. The lowest BCUT2D eigenvalue weighted by Crippen LogP contribution is -2.11. The predicted octanol–water partition coefficient (Wildman–Crippen LogP) is 5.41. The minimum Gasteiger partial charge on any atom is -0.450 e. The summed E-state index contributed by atoms with van der Waals surface area (Å²) in [5.74, 6) is -0.0419. The van der Waals surface area contributed by atoms with Gasteiger partial charge in [-0.1, -0.05) is 29.8 Å². The second kappa shape index (κ2) is 5.54. The van der Waals surface area contributed by atoms with Gasteiger partial charge in [-0.25, -0.2) is 0 Å². The van der Waals surface area contributed by atoms with Crippen molar-refractivity contribution in [2.24, 2.45) is 0 Å². The van der Waals surface area contributed by atoms with Crippen molar-refractivity contribution < 1.29 is 9.21 Å². The van der Waals surface area contributed by atoms with Gasteiger partial charge in [0.05, 0.1) is 4.47 Å². The Labute approximate surface area is 135 Å². The number of nitrogens with one attached hydrogen (secondary N) is 1. The molecule has 5 heteroatoms. The van der Waals surface area contributed by atoms with Gasteiger partial charge < -0.3 is 9.73 Å². The average Bonchev–Trinajstić information content (AvgIpc) is 2.89. The minimum atomic E-state index is -0.302. The number of rotatable bonds is 2. The number of amides is 1. The second-order valence-electron chi connectivity index (χ2n) is 4.64. The van der Waals surface area contributed by atoms with Crippen LogP contribution in [0, 0.1) is 6.92 Å². The van der Waals surface area contributed by atoms with Crippen LogP contribution < -0.4 is 5.32 Å². The van der Waals surface area contributed by atoms with Gasteiger partial charge in [-0.15, -0.1) is 0 Å². The normalized spacial score (nSPS) is 10.8. The molecule has 3 aromatic rings. The van der Waals surface area contributed by atoms with E-state index in [0.717, 1.165) is 15.4 Å². The fourth-order valence-corrected chi connectivity index (χ4v) is 2.70. The van der Waals surface area contributed by atoms with Crippen LogP contribution in [0.25, 0.3) is 11.0 Å². The lowest BCUT2D eigenvalue weighted by Gasteiger charge is -2.07. The minimum absolute atomic E-state index is 0.260. The van der Waals surface area contributed by atoms with Crippen molar-refractivity contribution >= 4 is 50.1 Å². The molecule has 106 valence electrons. The molecular formula is C16H11BrClNO2. The van der Waals surface area contributed by atoms with Crippen LogP contribution in [-0.4, -0.2) is 5.91 Å². The molecule has 1 aromatic heterocycles. The van der Waals surface area contributed by atoms with E-state index in [0.29, 0.717) is 16.3 Å². The maximum atomic E-state index is 12.3. The molecule has 3 nitrogen and oxygen atoms in total. The van der Waals surface area contributed by atoms with Crippen molar-refractivity contribution in [3.05, 3.63) is 63.3 Å². The summed E-state index contributed by atoms with van der Waals surface area (Å²) in [6, 6.07) is 12.8. The molecule has 2 aromatic carbocycles. The first-order valence-electron chi connectivity index (χ1n) is 6.31. The fraction of sp³-hybridized carbons (Fsp3) is 0.0625. The highest BCUT2D eigenvalue weighted by Gasteiger charge is 2.15. The quantitative estimate of drug-likeness (QED) is 0.660. The Hall–Kier alpha value is -1.78. The zero-order valence-electron chi connectivity index (χ0n) is 11.1. The molecule has 0 aliphatic carbocycles. The van der Waals surface area contributed by atoms with Gasteiger partial charge in [-0.3, -0.25) is 4.79 Å². The number of hydrogen-bond donors (Lipinski definition) is 1. The number of para-hydroxylation sites is 1. The Morgan fingerprint density at radius 2 is 2.00 bits per heavy atom. The van der Waals surface area contributed by atoms with Gasteiger partial charge in [0.1, 0.15) is 5.58 Å².